The van der Waals surface area contributed by atoms with Gasteiger partial charge in [0.2, 0.25) is 5.85 Å². The second kappa shape index (κ2) is 8.22. The summed E-state index contributed by atoms with van der Waals surface area (Å²) < 4.78 is 52.3. The number of aromatic nitrogens is 2. The number of benzene rings is 1. The summed E-state index contributed by atoms with van der Waals surface area (Å²) >= 11 is 0. The molecule has 0 radical (unpaired) electrons. The van der Waals surface area contributed by atoms with Gasteiger partial charge >= 0.3 is 13.5 Å². The van der Waals surface area contributed by atoms with Crippen LogP contribution in [0.15, 0.2) is 34.0 Å². The first-order valence-electron chi connectivity index (χ1n) is 10.5. The summed E-state index contributed by atoms with van der Waals surface area (Å²) in [5.41, 5.74) is -2.64. The first-order valence-corrected chi connectivity index (χ1v) is 12.0. The van der Waals surface area contributed by atoms with Crippen molar-refractivity contribution < 1.29 is 37.5 Å². The van der Waals surface area contributed by atoms with Gasteiger partial charge in [-0.2, -0.15) is 0 Å². The van der Waals surface area contributed by atoms with Gasteiger partial charge < -0.3 is 19.5 Å². The summed E-state index contributed by atoms with van der Waals surface area (Å²) in [5, 5.41) is 18.1. The van der Waals surface area contributed by atoms with Gasteiger partial charge in [-0.25, -0.2) is 13.8 Å². The molecule has 3 heterocycles. The van der Waals surface area contributed by atoms with Crippen molar-refractivity contribution in [1.29, 1.82) is 0 Å². The van der Waals surface area contributed by atoms with Crippen LogP contribution in [0, 0.1) is 6.92 Å². The van der Waals surface area contributed by atoms with E-state index in [9.17, 15) is 24.4 Å². The van der Waals surface area contributed by atoms with Crippen molar-refractivity contribution in [3.63, 3.8) is 0 Å². The highest BCUT2D eigenvalue weighted by molar-refractivity contribution is 7.49. The van der Waals surface area contributed by atoms with E-state index >= 15 is 4.39 Å². The molecule has 2 aliphatic rings. The van der Waals surface area contributed by atoms with E-state index < -0.39 is 55.1 Å². The molecule has 1 fully saturated rings. The van der Waals surface area contributed by atoms with Crippen LogP contribution < -0.4 is 15.8 Å². The predicted molar refractivity (Wildman–Crippen MR) is 124 cm³/mol. The number of aliphatic hydroxyl groups is 2. The van der Waals surface area contributed by atoms with E-state index in [1.54, 1.807) is 25.1 Å². The van der Waals surface area contributed by atoms with E-state index in [0.29, 0.717) is 16.9 Å². The van der Waals surface area contributed by atoms with Crippen LogP contribution in [0.4, 0.5) is 4.39 Å². The van der Waals surface area contributed by atoms with Crippen LogP contribution in [-0.2, 0) is 37.2 Å². The van der Waals surface area contributed by atoms with E-state index in [0.717, 1.165) is 10.8 Å². The fraction of sp³-hybridized carbons (Fsp3) is 0.444. The van der Waals surface area contributed by atoms with E-state index in [1.807, 2.05) is 4.98 Å². The molecule has 11 nitrogen and oxygen atoms in total. The highest BCUT2D eigenvalue weighted by atomic mass is 31.2. The Bertz CT molecular complexity index is 1300. The number of aliphatic hydroxyl groups excluding tert-OH is 2. The van der Waals surface area contributed by atoms with Crippen molar-refractivity contribution in [1.82, 2.24) is 9.55 Å². The van der Waals surface area contributed by atoms with Crippen molar-refractivity contribution in [2.75, 3.05) is 0 Å². The Kier molecular flexibility index (Phi) is 6.03. The Morgan fingerprint density at radius 3 is 2.79 bits per heavy atom. The van der Waals surface area contributed by atoms with Gasteiger partial charge in [0, 0.05) is 18.2 Å². The standard InChI is InChI=1S/C18H23B3FN2O9P/c1-9-3-2-4-10-8-30-34(29,31-13(9)10)33-18(20,21)16(22)5-12(26)17(19,32-16)24-6-11(7-25)14(27)23-15(24)28/h2-4,6,12,25-26H,5,7-8,19-21H2,1H3,(H,23,27,28)/t12-,16+,17+,34?/m1/s1. The lowest BCUT2D eigenvalue weighted by atomic mass is 9.60. The van der Waals surface area contributed by atoms with Gasteiger partial charge in [0.05, 0.1) is 30.3 Å². The Hall–Kier alpha value is -2.15. The smallest absolute Gasteiger partial charge is 0.403 e. The third-order valence-corrected chi connectivity index (χ3v) is 7.75. The molecule has 16 heteroatoms. The maximum absolute atomic E-state index is 16.2. The Morgan fingerprint density at radius 1 is 1.41 bits per heavy atom. The molecule has 1 unspecified atom stereocenters. The molecule has 180 valence electrons. The first kappa shape index (κ1) is 25.0. The monoisotopic (exact) mass is 494 g/mol. The van der Waals surface area contributed by atoms with Gasteiger partial charge in [-0.3, -0.25) is 23.4 Å². The Morgan fingerprint density at radius 2 is 2.12 bits per heavy atom. The molecule has 0 amide bonds. The summed E-state index contributed by atoms with van der Waals surface area (Å²) in [7, 11) is -0.561. The van der Waals surface area contributed by atoms with Crippen LogP contribution in [0.25, 0.3) is 0 Å². The summed E-state index contributed by atoms with van der Waals surface area (Å²) in [6.07, 6.45) is -1.28. The fourth-order valence-corrected chi connectivity index (χ4v) is 5.66. The number of H-pyrrole nitrogens is 1. The molecule has 4 atom stereocenters. The lowest BCUT2D eigenvalue weighted by molar-refractivity contribution is -0.219. The number of hydrogen-bond donors (Lipinski definition) is 3. The molecule has 0 bridgehead atoms. The predicted octanol–water partition coefficient (Wildman–Crippen LogP) is -2.32. The summed E-state index contributed by atoms with van der Waals surface area (Å²) in [5.74, 6) is -2.46. The third-order valence-electron chi connectivity index (χ3n) is 6.22. The normalized spacial score (nSPS) is 31.1. The molecule has 1 saturated heterocycles. The van der Waals surface area contributed by atoms with Crippen molar-refractivity contribution in [2.45, 2.75) is 49.5 Å². The molecule has 0 aliphatic carbocycles. The fourth-order valence-electron chi connectivity index (χ4n) is 4.04. The van der Waals surface area contributed by atoms with Crippen molar-refractivity contribution >= 4 is 31.4 Å². The number of rotatable bonds is 5. The van der Waals surface area contributed by atoms with Crippen LogP contribution in [0.5, 0.6) is 5.75 Å². The zero-order valence-electron chi connectivity index (χ0n) is 19.0. The number of fused-ring (bicyclic) bond motifs is 1. The first-order chi connectivity index (χ1) is 15.7. The number of alkyl halides is 1. The van der Waals surface area contributed by atoms with Gasteiger partial charge in [-0.05, 0) is 12.5 Å². The third kappa shape index (κ3) is 4.00. The number of nitrogens with zero attached hydrogens (tertiary/aromatic N) is 1. The van der Waals surface area contributed by atoms with Gasteiger partial charge in [0.1, 0.15) is 27.1 Å². The average molecular weight is 494 g/mol. The molecular weight excluding hydrogens is 471 g/mol. The van der Waals surface area contributed by atoms with Gasteiger partial charge in [0.25, 0.3) is 5.56 Å². The number of nitrogens with one attached hydrogen (secondary N) is 1. The number of para-hydroxylation sites is 1. The van der Waals surface area contributed by atoms with Crippen molar-refractivity contribution in [3.05, 3.63) is 61.9 Å². The number of ether oxygens (including phenoxy) is 1. The summed E-state index contributed by atoms with van der Waals surface area (Å²) in [6.45, 7) is 0.970. The van der Waals surface area contributed by atoms with Crippen molar-refractivity contribution in [3.8, 4) is 5.75 Å². The van der Waals surface area contributed by atoms with Crippen LogP contribution in [0.3, 0.4) is 0 Å². The molecule has 2 aliphatic heterocycles. The minimum atomic E-state index is -4.30. The number of aryl methyl sites for hydroxylation is 1. The number of aromatic amines is 1. The maximum Gasteiger partial charge on any atom is 0.529 e. The summed E-state index contributed by atoms with van der Waals surface area (Å²) in [6, 6.07) is 5.27. The molecular formula is C18H23B3FN2O9P. The SMILES string of the molecule is BC(B)(OP1(=O)OCc2cccc(C)c2O1)[C@]1(F)C[C@@H](O)[C@](B)(n2cc(CO)c(=O)[nH]c2=O)O1. The Balaban J connectivity index is 1.65. The van der Waals surface area contributed by atoms with E-state index in [2.05, 4.69) is 0 Å². The number of phosphoric ester groups is 1. The van der Waals surface area contributed by atoms with Crippen LogP contribution in [0.2, 0.25) is 0 Å². The zero-order chi connectivity index (χ0) is 25.1. The van der Waals surface area contributed by atoms with E-state index in [-0.39, 0.29) is 12.2 Å². The summed E-state index contributed by atoms with van der Waals surface area (Å²) in [4.78, 5) is 26.2. The van der Waals surface area contributed by atoms with E-state index in [4.69, 9.17) is 18.3 Å². The van der Waals surface area contributed by atoms with Gasteiger partial charge in [-0.15, -0.1) is 0 Å². The number of hydrogen-bond acceptors (Lipinski definition) is 9. The van der Waals surface area contributed by atoms with Gasteiger partial charge in [0.15, 0.2) is 7.85 Å². The second-order valence-corrected chi connectivity index (χ2v) is 10.5. The molecule has 1 aromatic carbocycles. The molecule has 1 aromatic heterocycles. The van der Waals surface area contributed by atoms with Crippen molar-refractivity contribution in [2.24, 2.45) is 0 Å². The minimum Gasteiger partial charge on any atom is -0.403 e. The molecule has 34 heavy (non-hydrogen) atoms. The lowest BCUT2D eigenvalue weighted by Crippen LogP contribution is -2.56. The topological polar surface area (TPSA) is 149 Å². The molecule has 0 saturated carbocycles. The average Bonchev–Trinajstić information content (AvgIpc) is 2.98. The maximum atomic E-state index is 16.2. The van der Waals surface area contributed by atoms with Crippen LogP contribution >= 0.6 is 7.82 Å². The Labute approximate surface area is 196 Å². The minimum absolute atomic E-state index is 0.0818. The molecule has 4 rings (SSSR count). The highest BCUT2D eigenvalue weighted by Crippen LogP contribution is 2.59. The molecule has 0 spiro atoms. The van der Waals surface area contributed by atoms with E-state index in [1.165, 1.54) is 23.5 Å². The molecule has 3 N–H and O–H groups in total. The van der Waals surface area contributed by atoms with Crippen LogP contribution in [0.1, 0.15) is 23.1 Å². The largest absolute Gasteiger partial charge is 0.529 e. The quantitative estimate of drug-likeness (QED) is 0.308. The highest BCUT2D eigenvalue weighted by Gasteiger charge is 2.63. The van der Waals surface area contributed by atoms with Crippen LogP contribution in [-0.4, -0.2) is 60.7 Å². The second-order valence-electron chi connectivity index (χ2n) is 9.02. The number of phosphoric acid groups is 1. The molecule has 2 aromatic rings. The lowest BCUT2D eigenvalue weighted by Gasteiger charge is -2.41. The van der Waals surface area contributed by atoms with Gasteiger partial charge in [-0.1, -0.05) is 18.2 Å². The zero-order valence-corrected chi connectivity index (χ0v) is 19.9. The number of halogens is 1.